The Bertz CT molecular complexity index is 2330. The van der Waals surface area contributed by atoms with Crippen LogP contribution in [0.3, 0.4) is 0 Å². The van der Waals surface area contributed by atoms with Gasteiger partial charge in [-0.1, -0.05) is 111 Å². The minimum Gasteiger partial charge on any atom is -0.501 e. The van der Waals surface area contributed by atoms with Gasteiger partial charge in [-0.2, -0.15) is 0 Å². The third kappa shape index (κ3) is 7.07. The Morgan fingerprint density at radius 2 is 1.60 bits per heavy atom. The summed E-state index contributed by atoms with van der Waals surface area (Å²) in [6, 6.07) is 29.4. The van der Waals surface area contributed by atoms with Crippen molar-refractivity contribution < 1.29 is 32.7 Å². The van der Waals surface area contributed by atoms with E-state index in [1.54, 1.807) is 18.3 Å². The molecule has 227 valence electrons. The summed E-state index contributed by atoms with van der Waals surface area (Å²) in [4.78, 5) is 8.99. The summed E-state index contributed by atoms with van der Waals surface area (Å²) >= 11 is 0. The van der Waals surface area contributed by atoms with Crippen molar-refractivity contribution in [2.24, 2.45) is 0 Å². The smallest absolute Gasteiger partial charge is 0.121 e. The topological polar surface area (TPSA) is 38.9 Å². The van der Waals surface area contributed by atoms with Gasteiger partial charge in [-0.3, -0.25) is 0 Å². The van der Waals surface area contributed by atoms with E-state index in [9.17, 15) is 0 Å². The molecule has 0 aliphatic carbocycles. The molecular formula is C40H36IrN2OSi-2. The standard InChI is InChI=1S/C23H14NO.C17H22NSi.Ir/c1-2-7-16(8-3-1)17-12-13-18-19-9-6-10-20(21-11-4-5-14-24-21)23(19)25-22(18)15-17;1-13(2)15-11-16(14-9-7-6-8-10-14)18-12-17(15)19(3,4)5;/h1-9,11-15H;6-9,11-13H,1-5H3;/q2*-1;/i1D,2D,3D,7D,8D;13D;. The zero-order valence-electron chi connectivity index (χ0n) is 31.8. The summed E-state index contributed by atoms with van der Waals surface area (Å²) < 4.78 is 54.6. The fourth-order valence-corrected chi connectivity index (χ4v) is 6.74. The molecule has 3 nitrogen and oxygen atoms in total. The molecule has 45 heavy (non-hydrogen) atoms. The summed E-state index contributed by atoms with van der Waals surface area (Å²) in [5, 5.41) is 3.04. The van der Waals surface area contributed by atoms with Crippen LogP contribution >= 0.6 is 0 Å². The van der Waals surface area contributed by atoms with Gasteiger partial charge < -0.3 is 14.4 Å². The van der Waals surface area contributed by atoms with Crippen LogP contribution in [0, 0.1) is 12.1 Å². The summed E-state index contributed by atoms with van der Waals surface area (Å²) in [6.07, 6.45) is 3.69. The van der Waals surface area contributed by atoms with Gasteiger partial charge in [-0.05, 0) is 45.7 Å². The van der Waals surface area contributed by atoms with E-state index in [-0.39, 0.29) is 49.8 Å². The fraction of sp³-hybridized carbons (Fsp3) is 0.150. The Hall–Kier alpha value is -4.15. The van der Waals surface area contributed by atoms with Crippen molar-refractivity contribution in [1.29, 1.82) is 0 Å². The van der Waals surface area contributed by atoms with Gasteiger partial charge in [0.2, 0.25) is 0 Å². The molecule has 3 aromatic heterocycles. The Kier molecular flexibility index (Phi) is 7.73. The van der Waals surface area contributed by atoms with Crippen LogP contribution in [-0.4, -0.2) is 18.0 Å². The predicted molar refractivity (Wildman–Crippen MR) is 187 cm³/mol. The van der Waals surface area contributed by atoms with Crippen molar-refractivity contribution in [1.82, 2.24) is 9.97 Å². The maximum Gasteiger partial charge on any atom is 0.121 e. The quantitative estimate of drug-likeness (QED) is 0.129. The second-order valence-electron chi connectivity index (χ2n) is 11.8. The number of pyridine rings is 2. The summed E-state index contributed by atoms with van der Waals surface area (Å²) in [5.74, 6) is -0.609. The summed E-state index contributed by atoms with van der Waals surface area (Å²) in [7, 11) is -1.50. The molecule has 0 saturated carbocycles. The van der Waals surface area contributed by atoms with Gasteiger partial charge in [0, 0.05) is 39.3 Å². The maximum absolute atomic E-state index is 8.44. The van der Waals surface area contributed by atoms with Gasteiger partial charge in [0.1, 0.15) is 5.58 Å². The van der Waals surface area contributed by atoms with Crippen molar-refractivity contribution in [2.75, 3.05) is 0 Å². The van der Waals surface area contributed by atoms with Crippen LogP contribution in [0.5, 0.6) is 0 Å². The second-order valence-corrected chi connectivity index (χ2v) is 16.8. The van der Waals surface area contributed by atoms with E-state index < -0.39 is 20.0 Å². The molecule has 0 bridgehead atoms. The van der Waals surface area contributed by atoms with Gasteiger partial charge in [-0.25, -0.2) is 0 Å². The van der Waals surface area contributed by atoms with Crippen molar-refractivity contribution in [2.45, 2.75) is 39.4 Å². The van der Waals surface area contributed by atoms with Crippen LogP contribution in [0.25, 0.3) is 55.6 Å². The number of rotatable bonds is 5. The molecule has 7 aromatic rings. The third-order valence-corrected chi connectivity index (χ3v) is 9.39. The SMILES string of the molecule is [2H]C(C)(C)c1cc(-c2[c-]cccc2)ncc1[Si](C)(C)C.[2H]c1c([2H])c([2H])c(-c2ccc3c(c2)oc2c(-c4ccccn4)[c-]ccc23)c([2H])c1[2H].[Ir]. The number of benzene rings is 4. The van der Waals surface area contributed by atoms with E-state index in [4.69, 9.17) is 12.6 Å². The summed E-state index contributed by atoms with van der Waals surface area (Å²) in [5.41, 5.74) is 6.33. The first kappa shape index (κ1) is 25.1. The molecule has 7 rings (SSSR count). The first-order chi connectivity index (χ1) is 23.7. The molecule has 0 aliphatic heterocycles. The Morgan fingerprint density at radius 1 is 0.800 bits per heavy atom. The maximum atomic E-state index is 8.44. The monoisotopic (exact) mass is 787 g/mol. The van der Waals surface area contributed by atoms with Gasteiger partial charge in [-0.15, -0.1) is 54.1 Å². The van der Waals surface area contributed by atoms with Crippen LogP contribution in [0.4, 0.5) is 0 Å². The van der Waals surface area contributed by atoms with Crippen molar-refractivity contribution in [3.8, 4) is 33.6 Å². The molecule has 1 radical (unpaired) electrons. The third-order valence-electron chi connectivity index (χ3n) is 7.38. The molecule has 0 spiro atoms. The average molecular weight is 787 g/mol. The van der Waals surface area contributed by atoms with Crippen LogP contribution < -0.4 is 5.19 Å². The molecule has 5 heteroatoms. The largest absolute Gasteiger partial charge is 0.501 e. The molecule has 0 saturated heterocycles. The van der Waals surface area contributed by atoms with Crippen molar-refractivity contribution >= 4 is 35.2 Å². The molecule has 0 amide bonds. The zero-order valence-corrected chi connectivity index (χ0v) is 29.2. The molecule has 0 unspecified atom stereocenters. The number of fused-ring (bicyclic) bond motifs is 3. The molecule has 0 fully saturated rings. The number of hydrogen-bond donors (Lipinski definition) is 0. The summed E-state index contributed by atoms with van der Waals surface area (Å²) in [6.45, 7) is 10.8. The Balaban J connectivity index is 0.000000211. The number of aromatic nitrogens is 2. The first-order valence-electron chi connectivity index (χ1n) is 17.5. The second kappa shape index (κ2) is 13.9. The first-order valence-corrected chi connectivity index (χ1v) is 18.0. The van der Waals surface area contributed by atoms with E-state index in [2.05, 4.69) is 47.8 Å². The minimum atomic E-state index is -1.50. The number of nitrogens with zero attached hydrogens (tertiary/aromatic N) is 2. The van der Waals surface area contributed by atoms with E-state index >= 15 is 0 Å². The van der Waals surface area contributed by atoms with E-state index in [1.807, 2.05) is 80.7 Å². The molecule has 0 N–H and O–H groups in total. The van der Waals surface area contributed by atoms with E-state index in [0.717, 1.165) is 38.9 Å². The van der Waals surface area contributed by atoms with Crippen molar-refractivity contribution in [3.63, 3.8) is 0 Å². The Labute approximate surface area is 289 Å². The van der Waals surface area contributed by atoms with Crippen molar-refractivity contribution in [3.05, 3.63) is 139 Å². The molecule has 3 heterocycles. The van der Waals surface area contributed by atoms with E-state index in [0.29, 0.717) is 16.7 Å². The minimum absolute atomic E-state index is 0. The number of furan rings is 1. The molecule has 0 atom stereocenters. The predicted octanol–water partition coefficient (Wildman–Crippen LogP) is 10.3. The number of hydrogen-bond acceptors (Lipinski definition) is 3. The Morgan fingerprint density at radius 3 is 2.29 bits per heavy atom. The van der Waals surface area contributed by atoms with Gasteiger partial charge in [0.25, 0.3) is 0 Å². The van der Waals surface area contributed by atoms with Crippen LogP contribution in [0.15, 0.2) is 126 Å². The van der Waals surface area contributed by atoms with Gasteiger partial charge in [0.05, 0.1) is 20.5 Å². The zero-order chi connectivity index (χ0) is 36.0. The molecule has 0 aliphatic rings. The normalized spacial score (nSPS) is 13.4. The van der Waals surface area contributed by atoms with Crippen LogP contribution in [-0.2, 0) is 20.1 Å². The average Bonchev–Trinajstić information content (AvgIpc) is 3.48. The molecular weight excluding hydrogens is 745 g/mol. The van der Waals surface area contributed by atoms with Gasteiger partial charge in [0.15, 0.2) is 0 Å². The van der Waals surface area contributed by atoms with Crippen LogP contribution in [0.1, 0.15) is 33.5 Å². The molecule has 4 aromatic carbocycles. The fourth-order valence-electron chi connectivity index (χ4n) is 5.16. The van der Waals surface area contributed by atoms with Crippen LogP contribution in [0.2, 0.25) is 19.6 Å². The van der Waals surface area contributed by atoms with E-state index in [1.165, 1.54) is 5.19 Å². The van der Waals surface area contributed by atoms with Gasteiger partial charge >= 0.3 is 0 Å².